The molecule has 0 saturated heterocycles. The van der Waals surface area contributed by atoms with Gasteiger partial charge in [0.15, 0.2) is 0 Å². The lowest BCUT2D eigenvalue weighted by Gasteiger charge is -2.17. The molecule has 4 aliphatic rings. The monoisotopic (exact) mass is 530 g/mol. The van der Waals surface area contributed by atoms with Crippen molar-refractivity contribution in [3.8, 4) is 33.9 Å². The molecule has 0 bridgehead atoms. The average molecular weight is 531 g/mol. The lowest BCUT2D eigenvalue weighted by Crippen LogP contribution is -2.24. The standard InChI is InChI=1S/C37H26N2O2/c40-36-34(29-22-12-4-14-24-31(29)38(36)27-18-8-2-9-19-27)33(26-16-6-1-7-17-26)35-30-23-13-5-15-25-32(30)39(37(35)41)28-20-10-3-11-21-28/h1-25,33H. The Morgan fingerprint density at radius 3 is 1.15 bits per heavy atom. The smallest absolute Gasteiger partial charge is 0.260 e. The Hall–Kier alpha value is -5.48. The normalized spacial score (nSPS) is 11.3. The van der Waals surface area contributed by atoms with Crippen LogP contribution in [-0.4, -0.2) is 9.13 Å². The van der Waals surface area contributed by atoms with Crippen LogP contribution in [0.1, 0.15) is 22.6 Å². The lowest BCUT2D eigenvalue weighted by atomic mass is 9.83. The molecule has 0 N–H and O–H groups in total. The Morgan fingerprint density at radius 1 is 0.390 bits per heavy atom. The maximum atomic E-state index is 14.6. The van der Waals surface area contributed by atoms with Crippen LogP contribution in [0, 0.1) is 0 Å². The number of fused-ring (bicyclic) bond motifs is 2. The summed E-state index contributed by atoms with van der Waals surface area (Å²) in [5, 5.41) is 0. The molecule has 0 saturated carbocycles. The molecule has 4 heteroatoms. The van der Waals surface area contributed by atoms with Crippen LogP contribution in [0.25, 0.3) is 33.9 Å². The molecule has 0 amide bonds. The van der Waals surface area contributed by atoms with Crippen molar-refractivity contribution in [3.05, 3.63) is 189 Å². The molecule has 0 aromatic heterocycles. The molecule has 0 radical (unpaired) electrons. The Labute approximate surface area is 237 Å². The third kappa shape index (κ3) is 4.09. The first-order chi connectivity index (χ1) is 20.2. The summed E-state index contributed by atoms with van der Waals surface area (Å²) >= 11 is 0. The largest absolute Gasteiger partial charge is 0.277 e. The molecule has 0 spiro atoms. The van der Waals surface area contributed by atoms with Gasteiger partial charge < -0.3 is 0 Å². The maximum Gasteiger partial charge on any atom is 0.260 e. The highest BCUT2D eigenvalue weighted by molar-refractivity contribution is 5.76. The van der Waals surface area contributed by atoms with Crippen molar-refractivity contribution in [3.63, 3.8) is 0 Å². The number of hydrogen-bond donors (Lipinski definition) is 0. The van der Waals surface area contributed by atoms with Gasteiger partial charge in [0.1, 0.15) is 0 Å². The van der Waals surface area contributed by atoms with E-state index in [1.54, 1.807) is 9.13 Å². The zero-order chi connectivity index (χ0) is 27.8. The van der Waals surface area contributed by atoms with Gasteiger partial charge in [0.25, 0.3) is 11.1 Å². The van der Waals surface area contributed by atoms with E-state index in [2.05, 4.69) is 0 Å². The molecule has 2 aliphatic carbocycles. The van der Waals surface area contributed by atoms with Crippen LogP contribution in [0.3, 0.4) is 0 Å². The number of nitrogens with zero attached hydrogens (tertiary/aromatic N) is 2. The van der Waals surface area contributed by atoms with E-state index in [4.69, 9.17) is 0 Å². The molecule has 3 aromatic rings. The quantitative estimate of drug-likeness (QED) is 0.233. The molecule has 196 valence electrons. The van der Waals surface area contributed by atoms with E-state index in [-0.39, 0.29) is 11.1 Å². The fraction of sp³-hybridized carbons (Fsp3) is 0.0270. The Kier molecular flexibility index (Phi) is 6.14. The summed E-state index contributed by atoms with van der Waals surface area (Å²) in [6, 6.07) is 48.9. The van der Waals surface area contributed by atoms with Crippen molar-refractivity contribution in [1.29, 1.82) is 0 Å². The second kappa shape index (κ2) is 10.2. The molecule has 41 heavy (non-hydrogen) atoms. The fourth-order valence-corrected chi connectivity index (χ4v) is 5.96. The van der Waals surface area contributed by atoms with Crippen LogP contribution in [0.15, 0.2) is 161 Å². The highest BCUT2D eigenvalue weighted by Gasteiger charge is 2.35. The van der Waals surface area contributed by atoms with Gasteiger partial charge in [-0.25, -0.2) is 0 Å². The highest BCUT2D eigenvalue weighted by atomic mass is 16.1. The maximum absolute atomic E-state index is 14.6. The molecule has 3 aromatic carbocycles. The van der Waals surface area contributed by atoms with Gasteiger partial charge >= 0.3 is 0 Å². The van der Waals surface area contributed by atoms with E-state index in [1.165, 1.54) is 0 Å². The lowest BCUT2D eigenvalue weighted by molar-refractivity contribution is 0.921. The molecule has 4 nitrogen and oxygen atoms in total. The topological polar surface area (TPSA) is 44.0 Å². The third-order valence-corrected chi connectivity index (χ3v) is 7.70. The molecule has 0 atom stereocenters. The van der Waals surface area contributed by atoms with E-state index in [9.17, 15) is 9.59 Å². The highest BCUT2D eigenvalue weighted by Crippen LogP contribution is 2.41. The minimum atomic E-state index is -0.596. The van der Waals surface area contributed by atoms with Gasteiger partial charge in [-0.2, -0.15) is 0 Å². The summed E-state index contributed by atoms with van der Waals surface area (Å²) in [6.45, 7) is 0. The predicted octanol–water partition coefficient (Wildman–Crippen LogP) is 7.38. The minimum absolute atomic E-state index is 0.133. The number of hydrogen-bond acceptors (Lipinski definition) is 2. The van der Waals surface area contributed by atoms with Crippen molar-refractivity contribution >= 4 is 0 Å². The van der Waals surface area contributed by atoms with Crippen LogP contribution >= 0.6 is 0 Å². The van der Waals surface area contributed by atoms with Crippen LogP contribution in [0.4, 0.5) is 0 Å². The Balaban J connectivity index is 1.62. The van der Waals surface area contributed by atoms with Gasteiger partial charge in [0, 0.05) is 39.5 Å². The second-order valence-corrected chi connectivity index (χ2v) is 10.0. The molecule has 2 aliphatic heterocycles. The van der Waals surface area contributed by atoms with E-state index in [1.807, 2.05) is 152 Å². The molecule has 0 fully saturated rings. The molecule has 7 rings (SSSR count). The average Bonchev–Trinajstić information content (AvgIpc) is 3.21. The van der Waals surface area contributed by atoms with Gasteiger partial charge in [-0.05, 0) is 42.0 Å². The number of para-hydroxylation sites is 2. The number of benzene rings is 3. The first-order valence-electron chi connectivity index (χ1n) is 13.7. The van der Waals surface area contributed by atoms with Gasteiger partial charge in [0.05, 0.1) is 11.4 Å². The van der Waals surface area contributed by atoms with Crippen molar-refractivity contribution in [2.24, 2.45) is 0 Å². The fourth-order valence-electron chi connectivity index (χ4n) is 5.96. The van der Waals surface area contributed by atoms with Gasteiger partial charge in [-0.3, -0.25) is 18.7 Å². The van der Waals surface area contributed by atoms with Crippen LogP contribution < -0.4 is 11.1 Å². The van der Waals surface area contributed by atoms with Crippen molar-refractivity contribution in [2.45, 2.75) is 5.92 Å². The summed E-state index contributed by atoms with van der Waals surface area (Å²) < 4.78 is 3.53. The Morgan fingerprint density at radius 2 is 0.732 bits per heavy atom. The van der Waals surface area contributed by atoms with E-state index in [0.29, 0.717) is 11.1 Å². The summed E-state index contributed by atoms with van der Waals surface area (Å²) in [5.41, 5.74) is 6.59. The van der Waals surface area contributed by atoms with Crippen molar-refractivity contribution in [2.75, 3.05) is 0 Å². The van der Waals surface area contributed by atoms with Crippen LogP contribution in [0.2, 0.25) is 0 Å². The van der Waals surface area contributed by atoms with Crippen molar-refractivity contribution in [1.82, 2.24) is 9.13 Å². The minimum Gasteiger partial charge on any atom is -0.277 e. The summed E-state index contributed by atoms with van der Waals surface area (Å²) in [5.74, 6) is -0.596. The summed E-state index contributed by atoms with van der Waals surface area (Å²) in [6.07, 6.45) is 0. The molecular weight excluding hydrogens is 504 g/mol. The third-order valence-electron chi connectivity index (χ3n) is 7.70. The Bertz CT molecular complexity index is 1900. The first-order valence-corrected chi connectivity index (χ1v) is 13.7. The van der Waals surface area contributed by atoms with E-state index in [0.717, 1.165) is 39.5 Å². The number of rotatable bonds is 5. The summed E-state index contributed by atoms with van der Waals surface area (Å²) in [4.78, 5) is 29.2. The van der Waals surface area contributed by atoms with Gasteiger partial charge in [-0.15, -0.1) is 0 Å². The first kappa shape index (κ1) is 24.6. The number of aromatic nitrogens is 2. The van der Waals surface area contributed by atoms with Crippen LogP contribution in [-0.2, 0) is 0 Å². The zero-order valence-corrected chi connectivity index (χ0v) is 22.2. The van der Waals surface area contributed by atoms with E-state index >= 15 is 0 Å². The predicted molar refractivity (Wildman–Crippen MR) is 165 cm³/mol. The van der Waals surface area contributed by atoms with Crippen molar-refractivity contribution < 1.29 is 0 Å². The summed E-state index contributed by atoms with van der Waals surface area (Å²) in [7, 11) is 0. The molecule has 2 heterocycles. The van der Waals surface area contributed by atoms with Gasteiger partial charge in [-0.1, -0.05) is 115 Å². The second-order valence-electron chi connectivity index (χ2n) is 10.0. The van der Waals surface area contributed by atoms with E-state index < -0.39 is 5.92 Å². The molecular formula is C37H26N2O2. The zero-order valence-electron chi connectivity index (χ0n) is 22.2. The SMILES string of the molecule is O=c1c(C(c2ccccc2)c2c3cccccc-3n(-c3ccccc3)c2=O)c2cccccc-2n1-c1ccccc1. The molecule has 0 unspecified atom stereocenters. The van der Waals surface area contributed by atoms with Crippen LogP contribution in [0.5, 0.6) is 0 Å². The van der Waals surface area contributed by atoms with Gasteiger partial charge in [0.2, 0.25) is 0 Å².